The molecule has 0 saturated carbocycles. The zero-order chi connectivity index (χ0) is 9.97. The summed E-state index contributed by atoms with van der Waals surface area (Å²) in [6.07, 6.45) is 5.17. The number of rotatable bonds is 3. The number of nitrogens with zero attached hydrogens (tertiary/aromatic N) is 3. The molecule has 74 valence electrons. The Labute approximate surface area is 81.4 Å². The zero-order valence-electron chi connectivity index (χ0n) is 7.88. The van der Waals surface area contributed by atoms with Crippen LogP contribution in [0.4, 0.5) is 5.82 Å². The topological polar surface area (TPSA) is 62.5 Å². The second-order valence-corrected chi connectivity index (χ2v) is 3.16. The summed E-state index contributed by atoms with van der Waals surface area (Å²) in [4.78, 5) is 4.18. The van der Waals surface area contributed by atoms with Gasteiger partial charge in [-0.15, -0.1) is 0 Å². The SMILES string of the molecule is CC(CO)Nc1nccn2nccc12. The minimum absolute atomic E-state index is 0.0106. The quantitative estimate of drug-likeness (QED) is 0.744. The summed E-state index contributed by atoms with van der Waals surface area (Å²) in [5.74, 6) is 0.742. The number of aliphatic hydroxyl groups is 1. The van der Waals surface area contributed by atoms with Crippen molar-refractivity contribution in [1.29, 1.82) is 0 Å². The molecule has 0 aromatic carbocycles. The molecule has 0 aliphatic rings. The number of fused-ring (bicyclic) bond motifs is 1. The zero-order valence-corrected chi connectivity index (χ0v) is 7.88. The van der Waals surface area contributed by atoms with E-state index in [4.69, 9.17) is 5.11 Å². The fourth-order valence-corrected chi connectivity index (χ4v) is 1.25. The maximum Gasteiger partial charge on any atom is 0.152 e. The van der Waals surface area contributed by atoms with Gasteiger partial charge in [0.2, 0.25) is 0 Å². The van der Waals surface area contributed by atoms with E-state index in [0.29, 0.717) is 0 Å². The van der Waals surface area contributed by atoms with Gasteiger partial charge in [-0.1, -0.05) is 0 Å². The summed E-state index contributed by atoms with van der Waals surface area (Å²) in [7, 11) is 0. The lowest BCUT2D eigenvalue weighted by Gasteiger charge is -2.11. The molecule has 0 radical (unpaired) electrons. The first-order chi connectivity index (χ1) is 6.81. The van der Waals surface area contributed by atoms with E-state index in [9.17, 15) is 0 Å². The van der Waals surface area contributed by atoms with Gasteiger partial charge in [-0.3, -0.25) is 0 Å². The van der Waals surface area contributed by atoms with Crippen LogP contribution >= 0.6 is 0 Å². The number of hydrogen-bond donors (Lipinski definition) is 2. The Morgan fingerprint density at radius 1 is 1.57 bits per heavy atom. The van der Waals surface area contributed by atoms with Gasteiger partial charge in [0.05, 0.1) is 12.8 Å². The molecule has 0 aliphatic heterocycles. The molecule has 0 amide bonds. The second kappa shape index (κ2) is 3.63. The summed E-state index contributed by atoms with van der Waals surface area (Å²) in [6.45, 7) is 1.97. The predicted octanol–water partition coefficient (Wildman–Crippen LogP) is 0.522. The number of hydrogen-bond acceptors (Lipinski definition) is 4. The molecule has 2 N–H and O–H groups in total. The summed E-state index contributed by atoms with van der Waals surface area (Å²) >= 11 is 0. The highest BCUT2D eigenvalue weighted by Crippen LogP contribution is 2.12. The van der Waals surface area contributed by atoms with Crippen molar-refractivity contribution in [2.45, 2.75) is 13.0 Å². The molecule has 1 unspecified atom stereocenters. The number of aliphatic hydroxyl groups excluding tert-OH is 1. The first kappa shape index (κ1) is 8.96. The van der Waals surface area contributed by atoms with Gasteiger partial charge in [-0.05, 0) is 13.0 Å². The van der Waals surface area contributed by atoms with Crippen LogP contribution in [0, 0.1) is 0 Å². The Balaban J connectivity index is 2.36. The lowest BCUT2D eigenvalue weighted by molar-refractivity contribution is 0.281. The normalized spacial score (nSPS) is 13.0. The average molecular weight is 192 g/mol. The average Bonchev–Trinajstić information content (AvgIpc) is 2.66. The fourth-order valence-electron chi connectivity index (χ4n) is 1.25. The first-order valence-corrected chi connectivity index (χ1v) is 4.47. The van der Waals surface area contributed by atoms with E-state index in [-0.39, 0.29) is 12.6 Å². The second-order valence-electron chi connectivity index (χ2n) is 3.16. The first-order valence-electron chi connectivity index (χ1n) is 4.47. The Morgan fingerprint density at radius 3 is 3.21 bits per heavy atom. The van der Waals surface area contributed by atoms with E-state index in [0.717, 1.165) is 11.3 Å². The number of nitrogens with one attached hydrogen (secondary N) is 1. The lowest BCUT2D eigenvalue weighted by Crippen LogP contribution is -2.20. The van der Waals surface area contributed by atoms with Crippen molar-refractivity contribution in [2.75, 3.05) is 11.9 Å². The molecule has 0 bridgehead atoms. The van der Waals surface area contributed by atoms with E-state index in [2.05, 4.69) is 15.4 Å². The van der Waals surface area contributed by atoms with Crippen molar-refractivity contribution in [3.05, 3.63) is 24.7 Å². The van der Waals surface area contributed by atoms with Gasteiger partial charge >= 0.3 is 0 Å². The summed E-state index contributed by atoms with van der Waals surface area (Å²) < 4.78 is 1.74. The molecule has 2 heterocycles. The van der Waals surface area contributed by atoms with Crippen molar-refractivity contribution >= 4 is 11.3 Å². The van der Waals surface area contributed by atoms with Gasteiger partial charge in [0, 0.05) is 18.4 Å². The largest absolute Gasteiger partial charge is 0.394 e. The van der Waals surface area contributed by atoms with Gasteiger partial charge in [-0.25, -0.2) is 9.50 Å². The van der Waals surface area contributed by atoms with Crippen LogP contribution in [-0.4, -0.2) is 32.4 Å². The number of anilines is 1. The highest BCUT2D eigenvalue weighted by Gasteiger charge is 2.05. The maximum atomic E-state index is 8.91. The third kappa shape index (κ3) is 1.54. The Morgan fingerprint density at radius 2 is 2.43 bits per heavy atom. The van der Waals surface area contributed by atoms with Gasteiger partial charge in [0.25, 0.3) is 0 Å². The molecular weight excluding hydrogens is 180 g/mol. The van der Waals surface area contributed by atoms with Crippen LogP contribution in [0.25, 0.3) is 5.52 Å². The van der Waals surface area contributed by atoms with Crippen LogP contribution in [0.15, 0.2) is 24.7 Å². The minimum atomic E-state index is -0.0106. The van der Waals surface area contributed by atoms with Crippen LogP contribution in [0.5, 0.6) is 0 Å². The van der Waals surface area contributed by atoms with Crippen LogP contribution in [-0.2, 0) is 0 Å². The van der Waals surface area contributed by atoms with Gasteiger partial charge in [0.15, 0.2) is 5.82 Å². The lowest BCUT2D eigenvalue weighted by atomic mass is 10.3. The molecule has 14 heavy (non-hydrogen) atoms. The predicted molar refractivity (Wildman–Crippen MR) is 53.2 cm³/mol. The molecule has 5 nitrogen and oxygen atoms in total. The number of aromatic nitrogens is 3. The maximum absolute atomic E-state index is 8.91. The third-order valence-corrected chi connectivity index (χ3v) is 1.98. The van der Waals surface area contributed by atoms with Gasteiger partial charge < -0.3 is 10.4 Å². The molecule has 0 aliphatic carbocycles. The van der Waals surface area contributed by atoms with Crippen LogP contribution in [0.1, 0.15) is 6.92 Å². The van der Waals surface area contributed by atoms with E-state index in [1.54, 1.807) is 23.1 Å². The van der Waals surface area contributed by atoms with Crippen LogP contribution in [0.2, 0.25) is 0 Å². The summed E-state index contributed by atoms with van der Waals surface area (Å²) in [5, 5.41) is 16.1. The molecule has 2 aromatic rings. The third-order valence-electron chi connectivity index (χ3n) is 1.98. The van der Waals surface area contributed by atoms with Crippen molar-refractivity contribution in [3.63, 3.8) is 0 Å². The molecule has 2 rings (SSSR count). The smallest absolute Gasteiger partial charge is 0.152 e. The highest BCUT2D eigenvalue weighted by atomic mass is 16.3. The Hall–Kier alpha value is -1.62. The molecule has 5 heteroatoms. The summed E-state index contributed by atoms with van der Waals surface area (Å²) in [6, 6.07) is 1.86. The van der Waals surface area contributed by atoms with Gasteiger partial charge in [-0.2, -0.15) is 5.10 Å². The van der Waals surface area contributed by atoms with Crippen molar-refractivity contribution in [2.24, 2.45) is 0 Å². The monoisotopic (exact) mass is 192 g/mol. The Kier molecular flexibility index (Phi) is 2.32. The van der Waals surface area contributed by atoms with E-state index in [1.807, 2.05) is 13.0 Å². The highest BCUT2D eigenvalue weighted by molar-refractivity contribution is 5.66. The minimum Gasteiger partial charge on any atom is -0.394 e. The van der Waals surface area contributed by atoms with Crippen molar-refractivity contribution in [3.8, 4) is 0 Å². The van der Waals surface area contributed by atoms with Gasteiger partial charge in [0.1, 0.15) is 5.52 Å². The van der Waals surface area contributed by atoms with E-state index >= 15 is 0 Å². The van der Waals surface area contributed by atoms with Crippen molar-refractivity contribution < 1.29 is 5.11 Å². The van der Waals surface area contributed by atoms with Crippen LogP contribution in [0.3, 0.4) is 0 Å². The van der Waals surface area contributed by atoms with E-state index < -0.39 is 0 Å². The van der Waals surface area contributed by atoms with E-state index in [1.165, 1.54) is 0 Å². The van der Waals surface area contributed by atoms with Crippen LogP contribution < -0.4 is 5.32 Å². The molecule has 1 atom stereocenters. The Bertz CT molecular complexity index is 425. The molecule has 0 fully saturated rings. The molecule has 0 saturated heterocycles. The standard InChI is InChI=1S/C9H12N4O/c1-7(6-14)12-9-8-2-3-11-13(8)5-4-10-9/h2-5,7,14H,6H2,1H3,(H,10,12). The molecule has 2 aromatic heterocycles. The molecular formula is C9H12N4O. The van der Waals surface area contributed by atoms with Crippen molar-refractivity contribution in [1.82, 2.24) is 14.6 Å². The molecule has 0 spiro atoms. The summed E-state index contributed by atoms with van der Waals surface area (Å²) in [5.41, 5.74) is 0.910. The fraction of sp³-hybridized carbons (Fsp3) is 0.333.